The summed E-state index contributed by atoms with van der Waals surface area (Å²) in [6.45, 7) is 18.3. The zero-order chi connectivity index (χ0) is 19.5. The molecule has 0 aromatic heterocycles. The minimum atomic E-state index is -0.00522. The van der Waals surface area contributed by atoms with E-state index in [0.29, 0.717) is 0 Å². The second-order valence-corrected chi connectivity index (χ2v) is 13.4. The van der Waals surface area contributed by atoms with Gasteiger partial charge in [0.15, 0.2) is 0 Å². The fraction of sp³-hybridized carbons (Fsp3) is 0.478. The molecule has 0 aliphatic carbocycles. The van der Waals surface area contributed by atoms with E-state index >= 15 is 0 Å². The Morgan fingerprint density at radius 1 is 0.692 bits per heavy atom. The number of alkyl halides is 1. The van der Waals surface area contributed by atoms with Crippen LogP contribution in [0.2, 0.25) is 0 Å². The van der Waals surface area contributed by atoms with Gasteiger partial charge in [-0.1, -0.05) is 88.0 Å². The Hall–Kier alpha value is -0.680. The monoisotopic (exact) mass is 479 g/mol. The van der Waals surface area contributed by atoms with Gasteiger partial charge in [-0.2, -0.15) is 0 Å². The highest BCUT2D eigenvalue weighted by Gasteiger charge is 2.34. The second kappa shape index (κ2) is 6.44. The van der Waals surface area contributed by atoms with Gasteiger partial charge in [0.25, 0.3) is 0 Å². The average molecular weight is 479 g/mol. The molecule has 2 aromatic carbocycles. The Morgan fingerprint density at radius 3 is 1.38 bits per heavy atom. The van der Waals surface area contributed by atoms with Crippen molar-refractivity contribution in [2.45, 2.75) is 79.6 Å². The van der Waals surface area contributed by atoms with E-state index in [1.54, 1.807) is 0 Å². The molecule has 0 saturated heterocycles. The highest BCUT2D eigenvalue weighted by molar-refractivity contribution is 14.1. The van der Waals surface area contributed by atoms with Crippen molar-refractivity contribution in [2.24, 2.45) is 0 Å². The van der Waals surface area contributed by atoms with E-state index in [4.69, 9.17) is 0 Å². The Bertz CT molecular complexity index is 771. The number of fused-ring (bicyclic) bond motifs is 2. The second-order valence-electron chi connectivity index (χ2n) is 9.71. The maximum Gasteiger partial charge on any atom is 0.0911 e. The van der Waals surface area contributed by atoms with Gasteiger partial charge in [-0.25, -0.2) is 0 Å². The fourth-order valence-electron chi connectivity index (χ4n) is 3.32. The maximum atomic E-state index is 2.56. The molecule has 0 spiro atoms. The van der Waals surface area contributed by atoms with E-state index < -0.39 is 0 Å². The summed E-state index contributed by atoms with van der Waals surface area (Å²) < 4.78 is -0.00522. The summed E-state index contributed by atoms with van der Waals surface area (Å²) in [5.74, 6) is 0. The summed E-state index contributed by atoms with van der Waals surface area (Å²) >= 11 is 4.47. The van der Waals surface area contributed by atoms with Crippen LogP contribution in [0.1, 0.15) is 66.5 Å². The molecule has 1 heterocycles. The zero-order valence-electron chi connectivity index (χ0n) is 17.2. The molecule has 0 saturated carbocycles. The van der Waals surface area contributed by atoms with Crippen molar-refractivity contribution < 1.29 is 0 Å². The van der Waals surface area contributed by atoms with Gasteiger partial charge in [0.1, 0.15) is 0 Å². The molecule has 3 rings (SSSR count). The van der Waals surface area contributed by atoms with Crippen LogP contribution in [-0.4, -0.2) is 3.55 Å². The molecule has 0 atom stereocenters. The SMILES string of the molecule is CC(C)(C)c1ccc2c(c1)Sc1cc(C(C)(C)C)ccc1N2C(C)(C)I. The number of hydrogen-bond donors (Lipinski definition) is 0. The number of rotatable bonds is 1. The molecule has 1 aliphatic heterocycles. The number of halogens is 1. The van der Waals surface area contributed by atoms with E-state index in [2.05, 4.69) is 119 Å². The summed E-state index contributed by atoms with van der Waals surface area (Å²) in [7, 11) is 0. The van der Waals surface area contributed by atoms with Crippen molar-refractivity contribution >= 4 is 45.7 Å². The van der Waals surface area contributed by atoms with E-state index in [-0.39, 0.29) is 14.4 Å². The largest absolute Gasteiger partial charge is 0.325 e. The normalized spacial score (nSPS) is 14.9. The van der Waals surface area contributed by atoms with Crippen LogP contribution in [0.3, 0.4) is 0 Å². The minimum absolute atomic E-state index is 0.00522. The molecular weight excluding hydrogens is 449 g/mol. The average Bonchev–Trinajstić information content (AvgIpc) is 2.48. The van der Waals surface area contributed by atoms with Crippen LogP contribution >= 0.6 is 34.4 Å². The Labute approximate surface area is 177 Å². The van der Waals surface area contributed by atoms with Crippen molar-refractivity contribution in [1.82, 2.24) is 0 Å². The van der Waals surface area contributed by atoms with Crippen LogP contribution in [0.25, 0.3) is 0 Å². The number of hydrogen-bond acceptors (Lipinski definition) is 2. The Balaban J connectivity index is 2.20. The Morgan fingerprint density at radius 2 is 1.08 bits per heavy atom. The van der Waals surface area contributed by atoms with E-state index in [0.717, 1.165) is 0 Å². The predicted molar refractivity (Wildman–Crippen MR) is 125 cm³/mol. The third kappa shape index (κ3) is 3.80. The van der Waals surface area contributed by atoms with Gasteiger partial charge in [-0.05, 0) is 60.1 Å². The van der Waals surface area contributed by atoms with Crippen LogP contribution in [0.5, 0.6) is 0 Å². The van der Waals surface area contributed by atoms with Crippen LogP contribution < -0.4 is 4.90 Å². The maximum absolute atomic E-state index is 2.56. The number of anilines is 2. The molecular formula is C23H30INS. The molecule has 26 heavy (non-hydrogen) atoms. The van der Waals surface area contributed by atoms with Gasteiger partial charge in [0.05, 0.1) is 14.9 Å². The summed E-state index contributed by atoms with van der Waals surface area (Å²) in [6.07, 6.45) is 0. The first-order chi connectivity index (χ1) is 11.8. The summed E-state index contributed by atoms with van der Waals surface area (Å²) in [5, 5.41) is 0. The van der Waals surface area contributed by atoms with Crippen molar-refractivity contribution in [3.63, 3.8) is 0 Å². The van der Waals surface area contributed by atoms with Gasteiger partial charge in [0, 0.05) is 9.79 Å². The lowest BCUT2D eigenvalue weighted by atomic mass is 9.86. The smallest absolute Gasteiger partial charge is 0.0911 e. The van der Waals surface area contributed by atoms with Gasteiger partial charge in [0.2, 0.25) is 0 Å². The molecule has 0 unspecified atom stereocenters. The van der Waals surface area contributed by atoms with Crippen LogP contribution in [0, 0.1) is 0 Å². The topological polar surface area (TPSA) is 3.24 Å². The molecule has 2 aromatic rings. The third-order valence-electron chi connectivity index (χ3n) is 4.89. The highest BCUT2D eigenvalue weighted by Crippen LogP contribution is 2.53. The van der Waals surface area contributed by atoms with Crippen molar-refractivity contribution in [3.8, 4) is 0 Å². The van der Waals surface area contributed by atoms with E-state index in [9.17, 15) is 0 Å². The molecule has 0 radical (unpaired) electrons. The third-order valence-corrected chi connectivity index (χ3v) is 6.46. The molecule has 3 heteroatoms. The standard InChI is InChI=1S/C23H30INS/c1-21(2,3)15-9-11-17-19(13-15)26-20-14-16(22(4,5)6)10-12-18(20)25(17)23(7,8)24/h9-14H,1-8H3. The summed E-state index contributed by atoms with van der Waals surface area (Å²) in [4.78, 5) is 5.22. The molecule has 0 fully saturated rings. The number of nitrogens with zero attached hydrogens (tertiary/aromatic N) is 1. The Kier molecular flexibility index (Phi) is 4.97. The van der Waals surface area contributed by atoms with Gasteiger partial charge < -0.3 is 4.90 Å². The molecule has 1 nitrogen and oxygen atoms in total. The highest BCUT2D eigenvalue weighted by atomic mass is 127. The molecule has 0 amide bonds. The van der Waals surface area contributed by atoms with E-state index in [1.807, 2.05) is 11.8 Å². The fourth-order valence-corrected chi connectivity index (χ4v) is 4.97. The first kappa shape index (κ1) is 20.1. The van der Waals surface area contributed by atoms with Crippen molar-refractivity contribution in [1.29, 1.82) is 0 Å². The minimum Gasteiger partial charge on any atom is -0.325 e. The lowest BCUT2D eigenvalue weighted by Gasteiger charge is -2.42. The van der Waals surface area contributed by atoms with Crippen LogP contribution in [-0.2, 0) is 10.8 Å². The van der Waals surface area contributed by atoms with Crippen LogP contribution in [0.4, 0.5) is 11.4 Å². The molecule has 1 aliphatic rings. The summed E-state index contributed by atoms with van der Waals surface area (Å²) in [5.41, 5.74) is 5.74. The molecule has 0 bridgehead atoms. The first-order valence-corrected chi connectivity index (χ1v) is 11.1. The van der Waals surface area contributed by atoms with Crippen molar-refractivity contribution in [3.05, 3.63) is 47.5 Å². The first-order valence-electron chi connectivity index (χ1n) is 9.24. The van der Waals surface area contributed by atoms with Crippen molar-refractivity contribution in [2.75, 3.05) is 4.90 Å². The van der Waals surface area contributed by atoms with Crippen LogP contribution in [0.15, 0.2) is 46.2 Å². The zero-order valence-corrected chi connectivity index (χ0v) is 20.2. The lowest BCUT2D eigenvalue weighted by Crippen LogP contribution is -2.36. The lowest BCUT2D eigenvalue weighted by molar-refractivity contribution is 0.587. The van der Waals surface area contributed by atoms with Gasteiger partial charge in [-0.3, -0.25) is 0 Å². The molecule has 0 N–H and O–H groups in total. The number of benzene rings is 2. The summed E-state index contributed by atoms with van der Waals surface area (Å²) in [6, 6.07) is 14.0. The van der Waals surface area contributed by atoms with E-state index in [1.165, 1.54) is 32.3 Å². The molecule has 140 valence electrons. The van der Waals surface area contributed by atoms with Gasteiger partial charge in [-0.15, -0.1) is 0 Å². The quantitative estimate of drug-likeness (QED) is 0.231. The van der Waals surface area contributed by atoms with Gasteiger partial charge >= 0.3 is 0 Å². The predicted octanol–water partition coefficient (Wildman–Crippen LogP) is 8.06.